The van der Waals surface area contributed by atoms with Gasteiger partial charge in [0.2, 0.25) is 0 Å². The van der Waals surface area contributed by atoms with Crippen LogP contribution in [0.2, 0.25) is 0 Å². The van der Waals surface area contributed by atoms with Gasteiger partial charge in [-0.3, -0.25) is 4.79 Å². The molecule has 4 nitrogen and oxygen atoms in total. The predicted molar refractivity (Wildman–Crippen MR) is 87.8 cm³/mol. The lowest BCUT2D eigenvalue weighted by atomic mass is 9.97. The van der Waals surface area contributed by atoms with Gasteiger partial charge < -0.3 is 15.0 Å². The van der Waals surface area contributed by atoms with Crippen LogP contribution in [0.5, 0.6) is 0 Å². The van der Waals surface area contributed by atoms with E-state index in [1.807, 2.05) is 20.9 Å². The minimum Gasteiger partial charge on any atom is -0.468 e. The van der Waals surface area contributed by atoms with E-state index < -0.39 is 5.54 Å². The monoisotopic (exact) mass is 292 g/mol. The summed E-state index contributed by atoms with van der Waals surface area (Å²) < 4.78 is 4.92. The van der Waals surface area contributed by atoms with Gasteiger partial charge in [0.25, 0.3) is 0 Å². The first-order valence-corrected chi connectivity index (χ1v) is 7.60. The Bertz CT molecular complexity index is 445. The van der Waals surface area contributed by atoms with Crippen LogP contribution in [0.25, 0.3) is 0 Å². The van der Waals surface area contributed by atoms with E-state index >= 15 is 0 Å². The van der Waals surface area contributed by atoms with E-state index in [0.717, 1.165) is 25.2 Å². The molecule has 0 radical (unpaired) electrons. The zero-order valence-electron chi connectivity index (χ0n) is 13.9. The van der Waals surface area contributed by atoms with Crippen LogP contribution in [0.3, 0.4) is 0 Å². The van der Waals surface area contributed by atoms with E-state index in [2.05, 4.69) is 41.4 Å². The van der Waals surface area contributed by atoms with Crippen LogP contribution in [-0.4, -0.2) is 38.8 Å². The topological polar surface area (TPSA) is 41.6 Å². The summed E-state index contributed by atoms with van der Waals surface area (Å²) in [6.07, 6.45) is 1.74. The first-order valence-electron chi connectivity index (χ1n) is 7.60. The van der Waals surface area contributed by atoms with E-state index in [0.29, 0.717) is 6.42 Å². The summed E-state index contributed by atoms with van der Waals surface area (Å²) in [5.74, 6) is -0.209. The largest absolute Gasteiger partial charge is 0.468 e. The van der Waals surface area contributed by atoms with Crippen molar-refractivity contribution in [2.75, 3.05) is 32.1 Å². The zero-order valence-corrected chi connectivity index (χ0v) is 13.9. The highest BCUT2D eigenvalue weighted by molar-refractivity contribution is 5.80. The molecule has 118 valence electrons. The molecule has 1 aromatic carbocycles. The molecule has 0 amide bonds. The average molecular weight is 292 g/mol. The fourth-order valence-corrected chi connectivity index (χ4v) is 2.38. The van der Waals surface area contributed by atoms with Crippen molar-refractivity contribution in [2.45, 2.75) is 39.2 Å². The fraction of sp³-hybridized carbons (Fsp3) is 0.588. The molecule has 21 heavy (non-hydrogen) atoms. The number of rotatable bonds is 8. The number of hydrogen-bond donors (Lipinski definition) is 1. The van der Waals surface area contributed by atoms with E-state index in [-0.39, 0.29) is 5.97 Å². The molecule has 0 fully saturated rings. The summed E-state index contributed by atoms with van der Waals surface area (Å²) in [6.45, 7) is 7.56. The second-order valence-corrected chi connectivity index (χ2v) is 5.55. The molecule has 4 heteroatoms. The Morgan fingerprint density at radius 2 is 1.90 bits per heavy atom. The molecule has 1 atom stereocenters. The number of hydrogen-bond acceptors (Lipinski definition) is 4. The molecule has 0 saturated carbocycles. The van der Waals surface area contributed by atoms with Gasteiger partial charge in [-0.15, -0.1) is 0 Å². The van der Waals surface area contributed by atoms with Crippen LogP contribution in [0, 0.1) is 0 Å². The summed E-state index contributed by atoms with van der Waals surface area (Å²) in [5.41, 5.74) is 1.86. The Morgan fingerprint density at radius 3 is 2.38 bits per heavy atom. The van der Waals surface area contributed by atoms with Crippen LogP contribution in [-0.2, 0) is 16.0 Å². The van der Waals surface area contributed by atoms with Gasteiger partial charge in [-0.2, -0.15) is 0 Å². The quantitative estimate of drug-likeness (QED) is 0.748. The van der Waals surface area contributed by atoms with Crippen LogP contribution in [0.4, 0.5) is 5.69 Å². The van der Waals surface area contributed by atoms with Crippen molar-refractivity contribution >= 4 is 11.7 Å². The first-order chi connectivity index (χ1) is 9.96. The average Bonchev–Trinajstić information content (AvgIpc) is 2.52. The standard InChI is InChI=1S/C17H28N2O2/c1-6-14-8-10-15(11-9-14)19(4)13-12-17(3,18-7-2)16(20)21-5/h8-11,18H,6-7,12-13H2,1-5H3. The first kappa shape index (κ1) is 17.5. The Labute approximate surface area is 128 Å². The molecule has 0 spiro atoms. The van der Waals surface area contributed by atoms with E-state index in [1.54, 1.807) is 0 Å². The summed E-state index contributed by atoms with van der Waals surface area (Å²) in [6, 6.07) is 8.55. The highest BCUT2D eigenvalue weighted by atomic mass is 16.5. The molecule has 0 aliphatic heterocycles. The summed E-state index contributed by atoms with van der Waals surface area (Å²) in [7, 11) is 3.48. The molecule has 1 rings (SSSR count). The van der Waals surface area contributed by atoms with Crippen LogP contribution >= 0.6 is 0 Å². The minimum atomic E-state index is -0.638. The molecule has 0 aliphatic rings. The maximum atomic E-state index is 12.0. The van der Waals surface area contributed by atoms with Crippen LogP contribution in [0.15, 0.2) is 24.3 Å². The zero-order chi connectivity index (χ0) is 15.9. The normalized spacial score (nSPS) is 13.6. The Kier molecular flexibility index (Phi) is 6.69. The number of carbonyl (C=O) groups excluding carboxylic acids is 1. The molecule has 0 heterocycles. The van der Waals surface area contributed by atoms with Crippen molar-refractivity contribution in [1.29, 1.82) is 0 Å². The number of benzene rings is 1. The number of ether oxygens (including phenoxy) is 1. The molecule has 1 N–H and O–H groups in total. The van der Waals surface area contributed by atoms with E-state index in [9.17, 15) is 4.79 Å². The predicted octanol–water partition coefficient (Wildman–Crippen LogP) is 2.62. The lowest BCUT2D eigenvalue weighted by Crippen LogP contribution is -2.51. The Morgan fingerprint density at radius 1 is 1.29 bits per heavy atom. The number of aryl methyl sites for hydroxylation is 1. The summed E-state index contributed by atoms with van der Waals surface area (Å²) in [4.78, 5) is 14.1. The molecule has 0 aliphatic carbocycles. The molecule has 0 bridgehead atoms. The lowest BCUT2D eigenvalue weighted by Gasteiger charge is -2.30. The van der Waals surface area contributed by atoms with Gasteiger partial charge >= 0.3 is 5.97 Å². The summed E-state index contributed by atoms with van der Waals surface area (Å²) >= 11 is 0. The number of nitrogens with one attached hydrogen (secondary N) is 1. The maximum Gasteiger partial charge on any atom is 0.325 e. The van der Waals surface area contributed by atoms with Gasteiger partial charge in [0, 0.05) is 19.3 Å². The van der Waals surface area contributed by atoms with Gasteiger partial charge in [-0.1, -0.05) is 26.0 Å². The third-order valence-electron chi connectivity index (χ3n) is 3.94. The highest BCUT2D eigenvalue weighted by Gasteiger charge is 2.33. The molecule has 1 unspecified atom stereocenters. The summed E-state index contributed by atoms with van der Waals surface area (Å²) in [5, 5.41) is 3.23. The molecule has 0 saturated heterocycles. The van der Waals surface area contributed by atoms with Gasteiger partial charge in [-0.25, -0.2) is 0 Å². The van der Waals surface area contributed by atoms with E-state index in [4.69, 9.17) is 4.74 Å². The number of likely N-dealkylation sites (N-methyl/N-ethyl adjacent to an activating group) is 1. The SMILES string of the molecule is CCNC(C)(CCN(C)c1ccc(CC)cc1)C(=O)OC. The number of nitrogens with zero attached hydrogens (tertiary/aromatic N) is 1. The Hall–Kier alpha value is -1.55. The van der Waals surface area contributed by atoms with Crippen LogP contribution < -0.4 is 10.2 Å². The minimum absolute atomic E-state index is 0.209. The van der Waals surface area contributed by atoms with Gasteiger partial charge in [0.15, 0.2) is 0 Å². The Balaban J connectivity index is 2.67. The molecular weight excluding hydrogens is 264 g/mol. The number of carbonyl (C=O) groups is 1. The van der Waals surface area contributed by atoms with Gasteiger partial charge in [-0.05, 0) is 44.0 Å². The van der Waals surface area contributed by atoms with Crippen molar-refractivity contribution in [3.05, 3.63) is 29.8 Å². The molecular formula is C17H28N2O2. The molecule has 1 aromatic rings. The highest BCUT2D eigenvalue weighted by Crippen LogP contribution is 2.18. The van der Waals surface area contributed by atoms with Crippen molar-refractivity contribution in [1.82, 2.24) is 5.32 Å². The van der Waals surface area contributed by atoms with Gasteiger partial charge in [0.1, 0.15) is 5.54 Å². The van der Waals surface area contributed by atoms with Crippen molar-refractivity contribution in [3.63, 3.8) is 0 Å². The smallest absolute Gasteiger partial charge is 0.325 e. The third-order valence-corrected chi connectivity index (χ3v) is 3.94. The van der Waals surface area contributed by atoms with Crippen molar-refractivity contribution in [3.8, 4) is 0 Å². The van der Waals surface area contributed by atoms with E-state index in [1.165, 1.54) is 12.7 Å². The van der Waals surface area contributed by atoms with Gasteiger partial charge in [0.05, 0.1) is 7.11 Å². The second-order valence-electron chi connectivity index (χ2n) is 5.55. The lowest BCUT2D eigenvalue weighted by molar-refractivity contribution is -0.148. The fourth-order valence-electron chi connectivity index (χ4n) is 2.38. The second kappa shape index (κ2) is 8.03. The number of anilines is 1. The number of esters is 1. The third kappa shape index (κ3) is 4.74. The van der Waals surface area contributed by atoms with Crippen molar-refractivity contribution < 1.29 is 9.53 Å². The van der Waals surface area contributed by atoms with Crippen LogP contribution in [0.1, 0.15) is 32.8 Å². The van der Waals surface area contributed by atoms with Crippen molar-refractivity contribution in [2.24, 2.45) is 0 Å². The maximum absolute atomic E-state index is 12.0. The number of methoxy groups -OCH3 is 1. The molecule has 0 aromatic heterocycles.